The molecule has 2 aromatic rings. The molecule has 0 spiro atoms. The Bertz CT molecular complexity index is 899. The fraction of sp³-hybridized carbons (Fsp3) is 0.435. The molecule has 1 amide bonds. The third kappa shape index (κ3) is 6.59. The van der Waals surface area contributed by atoms with Crippen LogP contribution >= 0.6 is 11.6 Å². The van der Waals surface area contributed by atoms with Crippen LogP contribution in [0.1, 0.15) is 32.8 Å². The molecule has 1 aliphatic heterocycles. The molecule has 0 saturated carbocycles. The minimum Gasteiger partial charge on any atom is -0.357 e. The van der Waals surface area contributed by atoms with Gasteiger partial charge in [-0.25, -0.2) is 9.98 Å². The summed E-state index contributed by atoms with van der Waals surface area (Å²) in [5.74, 6) is 1.60. The van der Waals surface area contributed by atoms with Crippen LogP contribution in [0.4, 0.5) is 11.5 Å². The van der Waals surface area contributed by atoms with E-state index in [9.17, 15) is 4.79 Å². The maximum atomic E-state index is 11.8. The molecule has 31 heavy (non-hydrogen) atoms. The Kier molecular flexibility index (Phi) is 8.12. The number of aliphatic imine (C=N–C) groups is 1. The zero-order valence-corrected chi connectivity index (χ0v) is 19.1. The van der Waals surface area contributed by atoms with Gasteiger partial charge in [0.2, 0.25) is 5.91 Å². The first-order valence-electron chi connectivity index (χ1n) is 10.8. The molecule has 1 aromatic carbocycles. The summed E-state index contributed by atoms with van der Waals surface area (Å²) in [4.78, 5) is 23.2. The molecular formula is C23H31ClN6O. The molecule has 1 atom stereocenters. The second kappa shape index (κ2) is 11.0. The van der Waals surface area contributed by atoms with E-state index in [2.05, 4.69) is 32.8 Å². The number of carbonyl (C=O) groups excluding carboxylic acids is 1. The highest BCUT2D eigenvalue weighted by Crippen LogP contribution is 2.25. The maximum absolute atomic E-state index is 11.8. The second-order valence-electron chi connectivity index (χ2n) is 7.92. The lowest BCUT2D eigenvalue weighted by molar-refractivity contribution is -0.118. The van der Waals surface area contributed by atoms with Crippen molar-refractivity contribution in [1.29, 1.82) is 0 Å². The standard InChI is InChI=1S/C23H31ClN6O/c1-4-25-23(27-14-17-7-9-18(10-8-17)28-22(31)16(2)3)29-19-11-13-30(15-19)21-20(24)6-5-12-26-21/h5-10,12,16,19H,4,11,13-15H2,1-3H3,(H,28,31)(H2,25,27,29). The smallest absolute Gasteiger partial charge is 0.226 e. The zero-order chi connectivity index (χ0) is 22.2. The minimum atomic E-state index is -0.0433. The van der Waals surface area contributed by atoms with Crippen LogP contribution < -0.4 is 20.9 Å². The first kappa shape index (κ1) is 22.9. The van der Waals surface area contributed by atoms with Gasteiger partial charge in [-0.2, -0.15) is 0 Å². The molecule has 0 aliphatic carbocycles. The number of nitrogens with zero attached hydrogens (tertiary/aromatic N) is 3. The van der Waals surface area contributed by atoms with Crippen molar-refractivity contribution in [3.05, 3.63) is 53.2 Å². The van der Waals surface area contributed by atoms with Crippen molar-refractivity contribution in [1.82, 2.24) is 15.6 Å². The Morgan fingerprint density at radius 3 is 2.74 bits per heavy atom. The molecule has 3 rings (SSSR count). The third-order valence-corrected chi connectivity index (χ3v) is 5.37. The van der Waals surface area contributed by atoms with Gasteiger partial charge < -0.3 is 20.9 Å². The van der Waals surface area contributed by atoms with Gasteiger partial charge in [0.1, 0.15) is 5.82 Å². The van der Waals surface area contributed by atoms with Crippen molar-refractivity contribution >= 4 is 35.0 Å². The summed E-state index contributed by atoms with van der Waals surface area (Å²) in [7, 11) is 0. The van der Waals surface area contributed by atoms with E-state index in [1.165, 1.54) is 0 Å². The number of rotatable bonds is 7. The third-order valence-electron chi connectivity index (χ3n) is 5.08. The van der Waals surface area contributed by atoms with E-state index < -0.39 is 0 Å². The first-order valence-corrected chi connectivity index (χ1v) is 11.1. The van der Waals surface area contributed by atoms with Gasteiger partial charge in [-0.05, 0) is 43.2 Å². The van der Waals surface area contributed by atoms with Gasteiger partial charge in [-0.15, -0.1) is 0 Å². The number of halogens is 1. The van der Waals surface area contributed by atoms with Crippen LogP contribution in [0.15, 0.2) is 47.6 Å². The van der Waals surface area contributed by atoms with Crippen LogP contribution in [0.5, 0.6) is 0 Å². The lowest BCUT2D eigenvalue weighted by Gasteiger charge is -2.20. The molecule has 8 heteroatoms. The Balaban J connectivity index is 1.57. The SMILES string of the molecule is CCNC(=NCc1ccc(NC(=O)C(C)C)cc1)NC1CCN(c2ncccc2Cl)C1. The minimum absolute atomic E-state index is 0.0157. The van der Waals surface area contributed by atoms with Crippen molar-refractivity contribution in [2.75, 3.05) is 29.9 Å². The number of carbonyl (C=O) groups is 1. The van der Waals surface area contributed by atoms with Crippen LogP contribution in [0, 0.1) is 5.92 Å². The van der Waals surface area contributed by atoms with Gasteiger partial charge in [0.05, 0.1) is 11.6 Å². The lowest BCUT2D eigenvalue weighted by atomic mass is 10.1. The Hall–Kier alpha value is -2.80. The van der Waals surface area contributed by atoms with Crippen molar-refractivity contribution in [3.8, 4) is 0 Å². The lowest BCUT2D eigenvalue weighted by Crippen LogP contribution is -2.44. The number of pyridine rings is 1. The van der Waals surface area contributed by atoms with E-state index in [0.717, 1.165) is 49.1 Å². The van der Waals surface area contributed by atoms with Crippen molar-refractivity contribution < 1.29 is 4.79 Å². The predicted molar refractivity (Wildman–Crippen MR) is 128 cm³/mol. The molecule has 1 saturated heterocycles. The summed E-state index contributed by atoms with van der Waals surface area (Å²) in [6, 6.07) is 11.8. The second-order valence-corrected chi connectivity index (χ2v) is 8.33. The van der Waals surface area contributed by atoms with E-state index in [-0.39, 0.29) is 17.9 Å². The molecule has 2 heterocycles. The van der Waals surface area contributed by atoms with Crippen molar-refractivity contribution in [2.45, 2.75) is 39.8 Å². The number of nitrogens with one attached hydrogen (secondary N) is 3. The zero-order valence-electron chi connectivity index (χ0n) is 18.4. The first-order chi connectivity index (χ1) is 15.0. The molecule has 7 nitrogen and oxygen atoms in total. The van der Waals surface area contributed by atoms with Gasteiger partial charge in [-0.1, -0.05) is 37.6 Å². The van der Waals surface area contributed by atoms with Crippen LogP contribution in [0.2, 0.25) is 5.02 Å². The molecule has 166 valence electrons. The number of guanidine groups is 1. The Morgan fingerprint density at radius 1 is 1.29 bits per heavy atom. The fourth-order valence-electron chi connectivity index (χ4n) is 3.34. The average molecular weight is 443 g/mol. The summed E-state index contributed by atoms with van der Waals surface area (Å²) < 4.78 is 0. The average Bonchev–Trinajstić information content (AvgIpc) is 3.21. The summed E-state index contributed by atoms with van der Waals surface area (Å²) in [6.07, 6.45) is 2.76. The van der Waals surface area contributed by atoms with E-state index >= 15 is 0 Å². The molecular weight excluding hydrogens is 412 g/mol. The van der Waals surface area contributed by atoms with Gasteiger partial charge >= 0.3 is 0 Å². The van der Waals surface area contributed by atoms with E-state index in [1.807, 2.05) is 50.2 Å². The number of amides is 1. The highest BCUT2D eigenvalue weighted by Gasteiger charge is 2.25. The van der Waals surface area contributed by atoms with Crippen LogP contribution in [0.3, 0.4) is 0 Å². The normalized spacial score (nSPS) is 16.5. The highest BCUT2D eigenvalue weighted by atomic mass is 35.5. The largest absolute Gasteiger partial charge is 0.357 e. The monoisotopic (exact) mass is 442 g/mol. The molecule has 1 aliphatic rings. The summed E-state index contributed by atoms with van der Waals surface area (Å²) in [5.41, 5.74) is 1.88. The van der Waals surface area contributed by atoms with Crippen molar-refractivity contribution in [3.63, 3.8) is 0 Å². The van der Waals surface area contributed by atoms with Gasteiger partial charge in [0.15, 0.2) is 5.96 Å². The number of anilines is 2. The highest BCUT2D eigenvalue weighted by molar-refractivity contribution is 6.32. The summed E-state index contributed by atoms with van der Waals surface area (Å²) in [6.45, 7) is 8.87. The Labute approximate surface area is 189 Å². The number of hydrogen-bond acceptors (Lipinski definition) is 4. The van der Waals surface area contributed by atoms with Crippen molar-refractivity contribution in [2.24, 2.45) is 10.9 Å². The van der Waals surface area contributed by atoms with E-state index in [1.54, 1.807) is 6.20 Å². The summed E-state index contributed by atoms with van der Waals surface area (Å²) >= 11 is 6.30. The van der Waals surface area contributed by atoms with E-state index in [4.69, 9.17) is 16.6 Å². The summed E-state index contributed by atoms with van der Waals surface area (Å²) in [5, 5.41) is 10.4. The van der Waals surface area contributed by atoms with Gasteiger partial charge in [-0.3, -0.25) is 4.79 Å². The molecule has 1 aromatic heterocycles. The molecule has 0 radical (unpaired) electrons. The van der Waals surface area contributed by atoms with E-state index in [0.29, 0.717) is 11.6 Å². The van der Waals surface area contributed by atoms with Crippen LogP contribution in [0.25, 0.3) is 0 Å². The fourth-order valence-corrected chi connectivity index (χ4v) is 3.59. The van der Waals surface area contributed by atoms with Gasteiger partial charge in [0, 0.05) is 43.5 Å². The van der Waals surface area contributed by atoms with Gasteiger partial charge in [0.25, 0.3) is 0 Å². The maximum Gasteiger partial charge on any atom is 0.226 e. The Morgan fingerprint density at radius 2 is 2.06 bits per heavy atom. The quantitative estimate of drug-likeness (QED) is 0.450. The van der Waals surface area contributed by atoms with Crippen LogP contribution in [-0.4, -0.2) is 42.5 Å². The number of hydrogen-bond donors (Lipinski definition) is 3. The van der Waals surface area contributed by atoms with Crippen LogP contribution in [-0.2, 0) is 11.3 Å². The molecule has 0 bridgehead atoms. The topological polar surface area (TPSA) is 81.6 Å². The molecule has 3 N–H and O–H groups in total. The molecule has 1 unspecified atom stereocenters. The number of aromatic nitrogens is 1. The predicted octanol–water partition coefficient (Wildman–Crippen LogP) is 3.66. The number of benzene rings is 1. The molecule has 1 fully saturated rings.